The highest BCUT2D eigenvalue weighted by atomic mass is 16.4. The highest BCUT2D eigenvalue weighted by Gasteiger charge is 2.49. The lowest BCUT2D eigenvalue weighted by Gasteiger charge is -2.22. The van der Waals surface area contributed by atoms with Gasteiger partial charge in [-0.2, -0.15) is 0 Å². The molecule has 23 heavy (non-hydrogen) atoms. The van der Waals surface area contributed by atoms with E-state index >= 15 is 0 Å². The first-order valence-electron chi connectivity index (χ1n) is 6.61. The molecule has 1 aliphatic rings. The fraction of sp³-hybridized carbons (Fsp3) is 0.231. The normalized spacial score (nSPS) is 20.7. The number of nitrogens with one attached hydrogen (secondary N) is 1. The van der Waals surface area contributed by atoms with Gasteiger partial charge in [0.15, 0.2) is 0 Å². The Kier molecular flexibility index (Phi) is 3.28. The summed E-state index contributed by atoms with van der Waals surface area (Å²) < 4.78 is 1.41. The molecule has 0 saturated carbocycles. The van der Waals surface area contributed by atoms with Gasteiger partial charge in [-0.3, -0.25) is 14.5 Å². The maximum absolute atomic E-state index is 12.5. The Labute approximate surface area is 129 Å². The lowest BCUT2D eigenvalue weighted by molar-refractivity contribution is -0.142. The summed E-state index contributed by atoms with van der Waals surface area (Å²) in [5, 5.41) is 22.2. The van der Waals surface area contributed by atoms with Crippen molar-refractivity contribution < 1.29 is 19.5 Å². The summed E-state index contributed by atoms with van der Waals surface area (Å²) in [4.78, 5) is 35.9. The van der Waals surface area contributed by atoms with Crippen molar-refractivity contribution in [3.8, 4) is 5.69 Å². The number of amides is 3. The first kappa shape index (κ1) is 14.6. The average Bonchev–Trinajstić information content (AvgIpc) is 3.12. The minimum Gasteiger partial charge on any atom is -0.480 e. The number of tetrazole rings is 1. The number of urea groups is 1. The molecule has 10 nitrogen and oxygen atoms in total. The van der Waals surface area contributed by atoms with Crippen LogP contribution in [0.15, 0.2) is 30.6 Å². The number of rotatable bonds is 4. The van der Waals surface area contributed by atoms with Crippen molar-refractivity contribution in [2.75, 3.05) is 6.54 Å². The number of carboxylic acid groups (broad SMARTS) is 1. The van der Waals surface area contributed by atoms with E-state index in [1.54, 1.807) is 24.3 Å². The van der Waals surface area contributed by atoms with Gasteiger partial charge in [-0.1, -0.05) is 12.1 Å². The quantitative estimate of drug-likeness (QED) is 0.728. The van der Waals surface area contributed by atoms with Crippen molar-refractivity contribution in [2.24, 2.45) is 0 Å². The van der Waals surface area contributed by atoms with Crippen LogP contribution in [0.5, 0.6) is 0 Å². The summed E-state index contributed by atoms with van der Waals surface area (Å²) in [5.41, 5.74) is -0.250. The Hall–Kier alpha value is -3.30. The van der Waals surface area contributed by atoms with Crippen LogP contribution in [0.25, 0.3) is 5.69 Å². The van der Waals surface area contributed by atoms with Crippen molar-refractivity contribution >= 4 is 17.9 Å². The lowest BCUT2D eigenvalue weighted by Crippen LogP contribution is -2.41. The van der Waals surface area contributed by atoms with Crippen molar-refractivity contribution in [1.29, 1.82) is 0 Å². The molecule has 10 heteroatoms. The van der Waals surface area contributed by atoms with Crippen LogP contribution in [0.1, 0.15) is 12.5 Å². The second kappa shape index (κ2) is 5.16. The maximum atomic E-state index is 12.5. The second-order valence-corrected chi connectivity index (χ2v) is 5.14. The molecule has 1 atom stereocenters. The first-order valence-corrected chi connectivity index (χ1v) is 6.61. The number of imide groups is 1. The van der Waals surface area contributed by atoms with Crippen molar-refractivity contribution in [3.63, 3.8) is 0 Å². The van der Waals surface area contributed by atoms with Crippen molar-refractivity contribution in [1.82, 2.24) is 30.4 Å². The summed E-state index contributed by atoms with van der Waals surface area (Å²) in [7, 11) is 0. The van der Waals surface area contributed by atoms with E-state index in [1.165, 1.54) is 17.9 Å². The van der Waals surface area contributed by atoms with Gasteiger partial charge in [0.25, 0.3) is 5.91 Å². The summed E-state index contributed by atoms with van der Waals surface area (Å²) >= 11 is 0. The molecule has 0 spiro atoms. The third kappa shape index (κ3) is 2.39. The van der Waals surface area contributed by atoms with E-state index < -0.39 is 30.0 Å². The summed E-state index contributed by atoms with van der Waals surface area (Å²) in [5.74, 6) is -1.89. The fourth-order valence-electron chi connectivity index (χ4n) is 2.41. The van der Waals surface area contributed by atoms with E-state index in [0.29, 0.717) is 16.2 Å². The molecule has 0 unspecified atom stereocenters. The largest absolute Gasteiger partial charge is 0.480 e. The van der Waals surface area contributed by atoms with Crippen LogP contribution < -0.4 is 5.32 Å². The third-order valence-corrected chi connectivity index (χ3v) is 3.61. The minimum absolute atomic E-state index is 0.497. The number of aliphatic carboxylic acids is 1. The topological polar surface area (TPSA) is 130 Å². The van der Waals surface area contributed by atoms with Gasteiger partial charge < -0.3 is 10.4 Å². The van der Waals surface area contributed by atoms with Gasteiger partial charge in [-0.15, -0.1) is 5.10 Å². The molecule has 1 saturated heterocycles. The molecule has 1 aromatic heterocycles. The number of hydrogen-bond acceptors (Lipinski definition) is 6. The minimum atomic E-state index is -1.35. The van der Waals surface area contributed by atoms with Crippen LogP contribution >= 0.6 is 0 Å². The third-order valence-electron chi connectivity index (χ3n) is 3.61. The Balaban J connectivity index is 1.98. The number of nitrogens with zero attached hydrogens (tertiary/aromatic N) is 5. The van der Waals surface area contributed by atoms with Gasteiger partial charge in [0.1, 0.15) is 18.4 Å². The monoisotopic (exact) mass is 316 g/mol. The van der Waals surface area contributed by atoms with Gasteiger partial charge >= 0.3 is 12.0 Å². The van der Waals surface area contributed by atoms with E-state index in [-0.39, 0.29) is 0 Å². The predicted octanol–water partition coefficient (Wildman–Crippen LogP) is -0.486. The van der Waals surface area contributed by atoms with E-state index in [0.717, 1.165) is 0 Å². The molecule has 2 aromatic rings. The average molecular weight is 316 g/mol. The number of carboxylic acids is 1. The first-order chi connectivity index (χ1) is 10.9. The maximum Gasteiger partial charge on any atom is 0.325 e. The van der Waals surface area contributed by atoms with Crippen LogP contribution in [-0.4, -0.2) is 54.7 Å². The Morgan fingerprint density at radius 1 is 1.39 bits per heavy atom. The summed E-state index contributed by atoms with van der Waals surface area (Å²) in [6.07, 6.45) is 1.40. The van der Waals surface area contributed by atoms with Crippen molar-refractivity contribution in [3.05, 3.63) is 36.2 Å². The van der Waals surface area contributed by atoms with E-state index in [4.69, 9.17) is 5.11 Å². The fourth-order valence-corrected chi connectivity index (χ4v) is 2.41. The molecule has 1 aliphatic heterocycles. The van der Waals surface area contributed by atoms with Gasteiger partial charge in [-0.25, -0.2) is 9.48 Å². The summed E-state index contributed by atoms with van der Waals surface area (Å²) in [6, 6.07) is 6.00. The Morgan fingerprint density at radius 3 is 2.83 bits per heavy atom. The zero-order valence-corrected chi connectivity index (χ0v) is 12.0. The molecule has 1 aromatic carbocycles. The highest BCUT2D eigenvalue weighted by molar-refractivity contribution is 6.08. The Morgan fingerprint density at radius 2 is 2.17 bits per heavy atom. The predicted molar refractivity (Wildman–Crippen MR) is 74.4 cm³/mol. The van der Waals surface area contributed by atoms with Crippen LogP contribution in [0.2, 0.25) is 0 Å². The van der Waals surface area contributed by atoms with Gasteiger partial charge in [0, 0.05) is 0 Å². The SMILES string of the molecule is C[C@]1(c2cccc(-n3cnnn3)c2)NC(=O)N(CC(=O)O)C1=O. The van der Waals surface area contributed by atoms with Crippen LogP contribution in [0.3, 0.4) is 0 Å². The molecule has 0 bridgehead atoms. The lowest BCUT2D eigenvalue weighted by atomic mass is 9.91. The van der Waals surface area contributed by atoms with Gasteiger partial charge in [0.05, 0.1) is 5.69 Å². The molecule has 0 radical (unpaired) electrons. The molecule has 118 valence electrons. The molecular formula is C13H12N6O4. The van der Waals surface area contributed by atoms with E-state index in [9.17, 15) is 14.4 Å². The van der Waals surface area contributed by atoms with Crippen LogP contribution in [0.4, 0.5) is 4.79 Å². The number of carbonyl (C=O) groups is 3. The zero-order valence-electron chi connectivity index (χ0n) is 12.0. The number of aromatic nitrogens is 4. The summed E-state index contributed by atoms with van der Waals surface area (Å²) in [6.45, 7) is 0.834. The van der Waals surface area contributed by atoms with Crippen molar-refractivity contribution in [2.45, 2.75) is 12.5 Å². The van der Waals surface area contributed by atoms with Gasteiger partial charge in [0.2, 0.25) is 0 Å². The number of hydrogen-bond donors (Lipinski definition) is 2. The molecule has 3 amide bonds. The standard InChI is InChI=1S/C13H12N6O4/c1-13(11(22)18(6-10(20)21)12(23)15-13)8-3-2-4-9(5-8)19-7-14-16-17-19/h2-5,7H,6H2,1H3,(H,15,23)(H,20,21)/t13-/m1/s1. The zero-order chi connectivity index (χ0) is 16.6. The Bertz CT molecular complexity index is 790. The van der Waals surface area contributed by atoms with Crippen LogP contribution in [0, 0.1) is 0 Å². The molecule has 2 N–H and O–H groups in total. The van der Waals surface area contributed by atoms with Gasteiger partial charge in [-0.05, 0) is 35.0 Å². The molecule has 2 heterocycles. The highest BCUT2D eigenvalue weighted by Crippen LogP contribution is 2.29. The number of benzene rings is 1. The van der Waals surface area contributed by atoms with E-state index in [2.05, 4.69) is 20.8 Å². The smallest absolute Gasteiger partial charge is 0.325 e. The van der Waals surface area contributed by atoms with Crippen LogP contribution in [-0.2, 0) is 15.1 Å². The number of carbonyl (C=O) groups excluding carboxylic acids is 2. The second-order valence-electron chi connectivity index (χ2n) is 5.14. The molecule has 0 aliphatic carbocycles. The van der Waals surface area contributed by atoms with E-state index in [1.807, 2.05) is 0 Å². The molecule has 3 rings (SSSR count). The molecular weight excluding hydrogens is 304 g/mol. The molecule has 1 fully saturated rings.